The Morgan fingerprint density at radius 3 is 2.93 bits per heavy atom. The van der Waals surface area contributed by atoms with Gasteiger partial charge >= 0.3 is 5.97 Å². The third-order valence-corrected chi connectivity index (χ3v) is 6.04. The Morgan fingerprint density at radius 1 is 1.39 bits per heavy atom. The lowest BCUT2D eigenvalue weighted by molar-refractivity contribution is 0.0695. The molecule has 0 spiro atoms. The number of thioether (sulfide) groups is 1. The maximum atomic E-state index is 13.5. The van der Waals surface area contributed by atoms with Crippen LogP contribution in [0.3, 0.4) is 0 Å². The van der Waals surface area contributed by atoms with Crippen molar-refractivity contribution in [2.75, 3.05) is 29.1 Å². The van der Waals surface area contributed by atoms with Gasteiger partial charge in [0.1, 0.15) is 11.4 Å². The first kappa shape index (κ1) is 18.7. The zero-order valence-corrected chi connectivity index (χ0v) is 16.7. The molecule has 1 atom stereocenters. The zero-order chi connectivity index (χ0) is 19.8. The number of anilines is 2. The Labute approximate surface area is 167 Å². The van der Waals surface area contributed by atoms with Gasteiger partial charge in [0.15, 0.2) is 5.16 Å². The third-order valence-electron chi connectivity index (χ3n) is 5.47. The number of carboxylic acid groups (broad SMARTS) is 1. The van der Waals surface area contributed by atoms with E-state index in [2.05, 4.69) is 14.9 Å². The summed E-state index contributed by atoms with van der Waals surface area (Å²) in [5.74, 6) is -0.451. The second-order valence-corrected chi connectivity index (χ2v) is 7.73. The summed E-state index contributed by atoms with van der Waals surface area (Å²) in [5, 5.41) is 10.2. The molecule has 1 saturated heterocycles. The number of benzene rings is 1. The second-order valence-electron chi connectivity index (χ2n) is 6.96. The van der Waals surface area contributed by atoms with Gasteiger partial charge in [-0.2, -0.15) is 0 Å². The van der Waals surface area contributed by atoms with Gasteiger partial charge in [-0.1, -0.05) is 24.8 Å². The molecule has 1 amide bonds. The predicted molar refractivity (Wildman–Crippen MR) is 109 cm³/mol. The van der Waals surface area contributed by atoms with Gasteiger partial charge in [-0.25, -0.2) is 14.8 Å². The molecular formula is C20H22N4O3S. The van der Waals surface area contributed by atoms with E-state index in [1.54, 1.807) is 23.2 Å². The first-order valence-electron chi connectivity index (χ1n) is 9.39. The van der Waals surface area contributed by atoms with Crippen LogP contribution in [-0.4, -0.2) is 52.3 Å². The highest BCUT2D eigenvalue weighted by Gasteiger charge is 2.38. The number of carboxylic acids is 1. The fourth-order valence-electron chi connectivity index (χ4n) is 4.18. The molecule has 8 heteroatoms. The van der Waals surface area contributed by atoms with Crippen LogP contribution in [0, 0.1) is 0 Å². The van der Waals surface area contributed by atoms with E-state index in [1.165, 1.54) is 11.8 Å². The van der Waals surface area contributed by atoms with Crippen LogP contribution in [0.15, 0.2) is 29.6 Å². The van der Waals surface area contributed by atoms with Crippen LogP contribution in [0.5, 0.6) is 0 Å². The Kier molecular flexibility index (Phi) is 4.97. The maximum absolute atomic E-state index is 13.5. The summed E-state index contributed by atoms with van der Waals surface area (Å²) in [5.41, 5.74) is 2.07. The molecule has 3 heterocycles. The van der Waals surface area contributed by atoms with E-state index < -0.39 is 5.97 Å². The summed E-state index contributed by atoms with van der Waals surface area (Å²) in [6, 6.07) is 5.30. The van der Waals surface area contributed by atoms with E-state index >= 15 is 0 Å². The topological polar surface area (TPSA) is 86.6 Å². The largest absolute Gasteiger partial charge is 0.478 e. The lowest BCUT2D eigenvalue weighted by atomic mass is 10.0. The fraction of sp³-hybridized carbons (Fsp3) is 0.400. The van der Waals surface area contributed by atoms with Crippen molar-refractivity contribution in [2.24, 2.45) is 0 Å². The SMILES string of the molecule is CCc1c(C(=O)O)cccc1N1C[C@@H]2CCCN2c2nc(SC)ncc2C1=O. The van der Waals surface area contributed by atoms with Crippen molar-refractivity contribution in [3.05, 3.63) is 41.1 Å². The molecule has 2 aliphatic heterocycles. The van der Waals surface area contributed by atoms with Crippen molar-refractivity contribution in [3.63, 3.8) is 0 Å². The van der Waals surface area contributed by atoms with Gasteiger partial charge in [-0.05, 0) is 43.2 Å². The standard InChI is InChI=1S/C20H22N4O3S/c1-3-13-14(19(26)27)7-4-8-16(13)24-11-12-6-5-9-23(12)17-15(18(24)25)10-21-20(22-17)28-2/h4,7-8,10,12H,3,5-6,9,11H2,1-2H3,(H,26,27)/t12-/m0/s1. The third kappa shape index (κ3) is 3.01. The molecule has 1 aromatic heterocycles. The molecule has 0 radical (unpaired) electrons. The van der Waals surface area contributed by atoms with Crippen molar-refractivity contribution >= 4 is 35.1 Å². The molecule has 4 rings (SSSR count). The van der Waals surface area contributed by atoms with Gasteiger partial charge in [0.2, 0.25) is 0 Å². The molecular weight excluding hydrogens is 376 g/mol. The van der Waals surface area contributed by atoms with Crippen molar-refractivity contribution in [1.29, 1.82) is 0 Å². The van der Waals surface area contributed by atoms with E-state index in [0.29, 0.717) is 40.8 Å². The van der Waals surface area contributed by atoms with Crippen LogP contribution in [0.4, 0.5) is 11.5 Å². The molecule has 0 aliphatic carbocycles. The lowest BCUT2D eigenvalue weighted by Crippen LogP contribution is -2.40. The number of nitrogens with zero attached hydrogens (tertiary/aromatic N) is 4. The van der Waals surface area contributed by atoms with Crippen LogP contribution in [-0.2, 0) is 6.42 Å². The predicted octanol–water partition coefficient (Wildman–Crippen LogP) is 3.09. The fourth-order valence-corrected chi connectivity index (χ4v) is 4.51. The first-order chi connectivity index (χ1) is 13.5. The number of carbonyl (C=O) groups is 2. The summed E-state index contributed by atoms with van der Waals surface area (Å²) in [6.07, 6.45) is 6.07. The molecule has 0 unspecified atom stereocenters. The summed E-state index contributed by atoms with van der Waals surface area (Å²) >= 11 is 1.45. The van der Waals surface area contributed by atoms with Crippen LogP contribution in [0.25, 0.3) is 0 Å². The van der Waals surface area contributed by atoms with Gasteiger partial charge in [0.05, 0.1) is 5.56 Å². The minimum absolute atomic E-state index is 0.160. The molecule has 1 aromatic carbocycles. The van der Waals surface area contributed by atoms with E-state index in [-0.39, 0.29) is 17.5 Å². The average molecular weight is 398 g/mol. The molecule has 146 valence electrons. The van der Waals surface area contributed by atoms with E-state index in [9.17, 15) is 14.7 Å². The van der Waals surface area contributed by atoms with Gasteiger partial charge in [0.25, 0.3) is 5.91 Å². The van der Waals surface area contributed by atoms with E-state index in [4.69, 9.17) is 0 Å². The molecule has 1 N–H and O–H groups in total. The highest BCUT2D eigenvalue weighted by Crippen LogP contribution is 2.36. The minimum Gasteiger partial charge on any atom is -0.478 e. The highest BCUT2D eigenvalue weighted by atomic mass is 32.2. The van der Waals surface area contributed by atoms with Gasteiger partial charge in [0, 0.05) is 31.0 Å². The average Bonchev–Trinajstić information content (AvgIpc) is 3.14. The number of hydrogen-bond donors (Lipinski definition) is 1. The zero-order valence-electron chi connectivity index (χ0n) is 15.9. The van der Waals surface area contributed by atoms with Crippen molar-refractivity contribution < 1.29 is 14.7 Å². The summed E-state index contributed by atoms with van der Waals surface area (Å²) in [6.45, 7) is 3.29. The summed E-state index contributed by atoms with van der Waals surface area (Å²) in [7, 11) is 0. The molecule has 2 aliphatic rings. The molecule has 7 nitrogen and oxygen atoms in total. The quantitative estimate of drug-likeness (QED) is 0.625. The number of aromatic carboxylic acids is 1. The number of hydrogen-bond acceptors (Lipinski definition) is 6. The number of fused-ring (bicyclic) bond motifs is 3. The van der Waals surface area contributed by atoms with Crippen molar-refractivity contribution in [2.45, 2.75) is 37.4 Å². The second kappa shape index (κ2) is 7.43. The smallest absolute Gasteiger partial charge is 0.336 e. The molecule has 0 saturated carbocycles. The van der Waals surface area contributed by atoms with Crippen LogP contribution < -0.4 is 9.80 Å². The Bertz CT molecular complexity index is 949. The van der Waals surface area contributed by atoms with Crippen LogP contribution >= 0.6 is 11.8 Å². The summed E-state index contributed by atoms with van der Waals surface area (Å²) < 4.78 is 0. The minimum atomic E-state index is -0.975. The van der Waals surface area contributed by atoms with Crippen molar-refractivity contribution in [3.8, 4) is 0 Å². The number of aromatic nitrogens is 2. The van der Waals surface area contributed by atoms with Crippen LogP contribution in [0.1, 0.15) is 46.0 Å². The molecule has 2 aromatic rings. The van der Waals surface area contributed by atoms with Gasteiger partial charge in [-0.3, -0.25) is 4.79 Å². The van der Waals surface area contributed by atoms with Gasteiger partial charge in [-0.15, -0.1) is 0 Å². The molecule has 1 fully saturated rings. The first-order valence-corrected chi connectivity index (χ1v) is 10.6. The van der Waals surface area contributed by atoms with Crippen molar-refractivity contribution in [1.82, 2.24) is 9.97 Å². The normalized spacial score (nSPS) is 18.6. The maximum Gasteiger partial charge on any atom is 0.336 e. The Balaban J connectivity index is 1.87. The number of carbonyl (C=O) groups excluding carboxylic acids is 1. The van der Waals surface area contributed by atoms with Crippen LogP contribution in [0.2, 0.25) is 0 Å². The molecule has 28 heavy (non-hydrogen) atoms. The Hall–Kier alpha value is -2.61. The van der Waals surface area contributed by atoms with E-state index in [1.807, 2.05) is 19.2 Å². The van der Waals surface area contributed by atoms with Gasteiger partial charge < -0.3 is 14.9 Å². The van der Waals surface area contributed by atoms with E-state index in [0.717, 1.165) is 19.4 Å². The monoisotopic (exact) mass is 398 g/mol. The highest BCUT2D eigenvalue weighted by molar-refractivity contribution is 7.98. The lowest BCUT2D eigenvalue weighted by Gasteiger charge is -2.28. The summed E-state index contributed by atoms with van der Waals surface area (Å²) in [4.78, 5) is 38.1. The number of rotatable bonds is 4. The molecule has 0 bridgehead atoms. The Morgan fingerprint density at radius 2 is 2.21 bits per heavy atom. The number of amides is 1.